The molecular formula is C13H23N3O2. The molecule has 0 N–H and O–H groups in total. The number of piperidine rings is 1. The topological polar surface area (TPSA) is 56.6 Å². The van der Waals surface area contributed by atoms with E-state index in [1.807, 2.05) is 20.8 Å². The summed E-state index contributed by atoms with van der Waals surface area (Å²) >= 11 is 0. The van der Waals surface area contributed by atoms with Gasteiger partial charge >= 0.3 is 6.09 Å². The van der Waals surface area contributed by atoms with Gasteiger partial charge in [-0.15, -0.1) is 0 Å². The van der Waals surface area contributed by atoms with Gasteiger partial charge in [0.2, 0.25) is 0 Å². The number of rotatable bonds is 2. The van der Waals surface area contributed by atoms with Crippen molar-refractivity contribution in [3.8, 4) is 6.07 Å². The summed E-state index contributed by atoms with van der Waals surface area (Å²) in [5.74, 6) is 0. The SMILES string of the molecule is CN(C(=O)OC(C)(C)C)C1CCN(CC#N)CC1. The third-order valence-electron chi connectivity index (χ3n) is 3.08. The lowest BCUT2D eigenvalue weighted by atomic mass is 10.0. The van der Waals surface area contributed by atoms with Crippen LogP contribution in [0.3, 0.4) is 0 Å². The van der Waals surface area contributed by atoms with Crippen molar-refractivity contribution in [3.05, 3.63) is 0 Å². The Kier molecular flexibility index (Phi) is 4.97. The molecule has 5 nitrogen and oxygen atoms in total. The summed E-state index contributed by atoms with van der Waals surface area (Å²) in [6, 6.07) is 2.37. The molecule has 1 fully saturated rings. The molecule has 0 atom stereocenters. The molecule has 0 bridgehead atoms. The molecule has 0 unspecified atom stereocenters. The Balaban J connectivity index is 2.43. The second-order valence-corrected chi connectivity index (χ2v) is 5.76. The van der Waals surface area contributed by atoms with Gasteiger partial charge in [-0.1, -0.05) is 0 Å². The molecule has 0 aliphatic carbocycles. The van der Waals surface area contributed by atoms with Crippen molar-refractivity contribution in [2.75, 3.05) is 26.7 Å². The minimum atomic E-state index is -0.452. The lowest BCUT2D eigenvalue weighted by molar-refractivity contribution is 0.0158. The summed E-state index contributed by atoms with van der Waals surface area (Å²) in [4.78, 5) is 15.7. The van der Waals surface area contributed by atoms with Gasteiger partial charge in [-0.3, -0.25) is 4.90 Å². The first kappa shape index (κ1) is 14.8. The lowest BCUT2D eigenvalue weighted by Gasteiger charge is -2.36. The molecule has 0 saturated carbocycles. The fourth-order valence-electron chi connectivity index (χ4n) is 2.05. The summed E-state index contributed by atoms with van der Waals surface area (Å²) in [7, 11) is 1.79. The lowest BCUT2D eigenvalue weighted by Crippen LogP contribution is -2.47. The maximum absolute atomic E-state index is 11.9. The molecule has 102 valence electrons. The highest BCUT2D eigenvalue weighted by Crippen LogP contribution is 2.18. The van der Waals surface area contributed by atoms with Gasteiger partial charge < -0.3 is 9.64 Å². The fraction of sp³-hybridized carbons (Fsp3) is 0.846. The third-order valence-corrected chi connectivity index (χ3v) is 3.08. The van der Waals surface area contributed by atoms with Crippen molar-refractivity contribution in [1.82, 2.24) is 9.80 Å². The molecular weight excluding hydrogens is 230 g/mol. The first-order valence-corrected chi connectivity index (χ1v) is 6.38. The van der Waals surface area contributed by atoms with Crippen LogP contribution in [0.2, 0.25) is 0 Å². The van der Waals surface area contributed by atoms with Crippen molar-refractivity contribution in [2.45, 2.75) is 45.3 Å². The zero-order valence-corrected chi connectivity index (χ0v) is 11.8. The zero-order valence-electron chi connectivity index (χ0n) is 11.8. The van der Waals surface area contributed by atoms with Gasteiger partial charge in [0.15, 0.2) is 0 Å². The summed E-state index contributed by atoms with van der Waals surface area (Å²) in [6.07, 6.45) is 1.54. The number of nitriles is 1. The second-order valence-electron chi connectivity index (χ2n) is 5.76. The van der Waals surface area contributed by atoms with E-state index in [4.69, 9.17) is 10.00 Å². The molecule has 1 amide bonds. The number of ether oxygens (including phenoxy) is 1. The Morgan fingerprint density at radius 2 is 2.00 bits per heavy atom. The smallest absolute Gasteiger partial charge is 0.410 e. The van der Waals surface area contributed by atoms with E-state index in [0.717, 1.165) is 25.9 Å². The van der Waals surface area contributed by atoms with E-state index in [1.54, 1.807) is 11.9 Å². The van der Waals surface area contributed by atoms with Crippen LogP contribution in [-0.2, 0) is 4.74 Å². The van der Waals surface area contributed by atoms with E-state index in [-0.39, 0.29) is 12.1 Å². The number of hydrogen-bond acceptors (Lipinski definition) is 4. The molecule has 18 heavy (non-hydrogen) atoms. The maximum atomic E-state index is 11.9. The molecule has 0 spiro atoms. The van der Waals surface area contributed by atoms with E-state index in [1.165, 1.54) is 0 Å². The van der Waals surface area contributed by atoms with Gasteiger partial charge in [0, 0.05) is 26.2 Å². The molecule has 1 rings (SSSR count). The fourth-order valence-corrected chi connectivity index (χ4v) is 2.05. The van der Waals surface area contributed by atoms with Crippen molar-refractivity contribution in [1.29, 1.82) is 5.26 Å². The molecule has 1 heterocycles. The Bertz CT molecular complexity index is 322. The largest absolute Gasteiger partial charge is 0.444 e. The number of nitrogens with zero attached hydrogens (tertiary/aromatic N) is 3. The summed E-state index contributed by atoms with van der Waals surface area (Å²) in [5, 5.41) is 8.63. The average molecular weight is 253 g/mol. The first-order valence-electron chi connectivity index (χ1n) is 6.38. The molecule has 1 aliphatic rings. The summed E-state index contributed by atoms with van der Waals surface area (Å²) < 4.78 is 5.35. The zero-order chi connectivity index (χ0) is 13.8. The van der Waals surface area contributed by atoms with Crippen LogP contribution in [0.4, 0.5) is 4.79 Å². The average Bonchev–Trinajstić information content (AvgIpc) is 2.27. The highest BCUT2D eigenvalue weighted by Gasteiger charge is 2.28. The summed E-state index contributed by atoms with van der Waals surface area (Å²) in [5.41, 5.74) is -0.452. The third kappa shape index (κ3) is 4.53. The molecule has 0 aromatic heterocycles. The van der Waals surface area contributed by atoms with Crippen LogP contribution in [-0.4, -0.2) is 54.2 Å². The predicted molar refractivity (Wildman–Crippen MR) is 69.1 cm³/mol. The van der Waals surface area contributed by atoms with Gasteiger partial charge in [0.25, 0.3) is 0 Å². The van der Waals surface area contributed by atoms with Crippen molar-refractivity contribution >= 4 is 6.09 Å². The Morgan fingerprint density at radius 3 is 2.44 bits per heavy atom. The van der Waals surface area contributed by atoms with Gasteiger partial charge in [-0.25, -0.2) is 4.79 Å². The van der Waals surface area contributed by atoms with Crippen LogP contribution in [0.15, 0.2) is 0 Å². The van der Waals surface area contributed by atoms with Gasteiger partial charge in [-0.05, 0) is 33.6 Å². The van der Waals surface area contributed by atoms with Gasteiger partial charge in [0.05, 0.1) is 12.6 Å². The highest BCUT2D eigenvalue weighted by molar-refractivity contribution is 5.68. The minimum Gasteiger partial charge on any atom is -0.444 e. The quantitative estimate of drug-likeness (QED) is 0.705. The minimum absolute atomic E-state index is 0.217. The molecule has 1 saturated heterocycles. The van der Waals surface area contributed by atoms with E-state index >= 15 is 0 Å². The number of carbonyl (C=O) groups is 1. The Labute approximate surface area is 109 Å². The van der Waals surface area contributed by atoms with Gasteiger partial charge in [0.1, 0.15) is 5.60 Å². The summed E-state index contributed by atoms with van der Waals surface area (Å²) in [6.45, 7) is 7.82. The standard InChI is InChI=1S/C13H23N3O2/c1-13(2,3)18-12(17)15(4)11-5-8-16(9-6-11)10-7-14/h11H,5-6,8-10H2,1-4H3. The van der Waals surface area contributed by atoms with Crippen molar-refractivity contribution < 1.29 is 9.53 Å². The molecule has 0 aromatic rings. The van der Waals surface area contributed by atoms with E-state index in [2.05, 4.69) is 11.0 Å². The normalized spacial score (nSPS) is 18.2. The van der Waals surface area contributed by atoms with Crippen LogP contribution in [0.5, 0.6) is 0 Å². The first-order chi connectivity index (χ1) is 8.33. The van der Waals surface area contributed by atoms with E-state index < -0.39 is 5.60 Å². The van der Waals surface area contributed by atoms with E-state index in [0.29, 0.717) is 6.54 Å². The van der Waals surface area contributed by atoms with E-state index in [9.17, 15) is 4.79 Å². The monoisotopic (exact) mass is 253 g/mol. The van der Waals surface area contributed by atoms with Crippen LogP contribution >= 0.6 is 0 Å². The molecule has 0 radical (unpaired) electrons. The van der Waals surface area contributed by atoms with Crippen LogP contribution in [0.25, 0.3) is 0 Å². The number of carbonyl (C=O) groups excluding carboxylic acids is 1. The maximum Gasteiger partial charge on any atom is 0.410 e. The Hall–Kier alpha value is -1.28. The number of hydrogen-bond donors (Lipinski definition) is 0. The Morgan fingerprint density at radius 1 is 1.44 bits per heavy atom. The van der Waals surface area contributed by atoms with Crippen LogP contribution in [0.1, 0.15) is 33.6 Å². The molecule has 0 aromatic carbocycles. The predicted octanol–water partition coefficient (Wildman–Crippen LogP) is 1.84. The van der Waals surface area contributed by atoms with Crippen LogP contribution < -0.4 is 0 Å². The number of likely N-dealkylation sites (tertiary alicyclic amines) is 1. The molecule has 1 aliphatic heterocycles. The number of amides is 1. The highest BCUT2D eigenvalue weighted by atomic mass is 16.6. The van der Waals surface area contributed by atoms with Crippen LogP contribution in [0, 0.1) is 11.3 Å². The molecule has 5 heteroatoms. The van der Waals surface area contributed by atoms with Crippen molar-refractivity contribution in [3.63, 3.8) is 0 Å². The second kappa shape index (κ2) is 6.05. The van der Waals surface area contributed by atoms with Crippen molar-refractivity contribution in [2.24, 2.45) is 0 Å². The van der Waals surface area contributed by atoms with Gasteiger partial charge in [-0.2, -0.15) is 5.26 Å².